The lowest BCUT2D eigenvalue weighted by Gasteiger charge is -2.05. The second-order valence-corrected chi connectivity index (χ2v) is 5.53. The molecule has 0 aliphatic heterocycles. The zero-order valence-corrected chi connectivity index (χ0v) is 12.6. The Labute approximate surface area is 129 Å². The van der Waals surface area contributed by atoms with Gasteiger partial charge < -0.3 is 4.42 Å². The van der Waals surface area contributed by atoms with Gasteiger partial charge >= 0.3 is 0 Å². The van der Waals surface area contributed by atoms with E-state index in [9.17, 15) is 0 Å². The molecule has 0 aliphatic carbocycles. The van der Waals surface area contributed by atoms with Crippen LogP contribution in [0.25, 0.3) is 28.6 Å². The van der Waals surface area contributed by atoms with E-state index in [1.54, 1.807) is 12.1 Å². The lowest BCUT2D eigenvalue weighted by atomic mass is 10.00. The lowest BCUT2D eigenvalue weighted by molar-refractivity contribution is 0.611. The molecule has 0 atom stereocenters. The molecule has 0 saturated heterocycles. The summed E-state index contributed by atoms with van der Waals surface area (Å²) in [4.78, 5) is 4.55. The summed E-state index contributed by atoms with van der Waals surface area (Å²) in [5.74, 6) is 0.836. The molecule has 0 radical (unpaired) electrons. The quantitative estimate of drug-likeness (QED) is 0.671. The predicted molar refractivity (Wildman–Crippen MR) is 88.3 cm³/mol. The first-order valence-corrected chi connectivity index (χ1v) is 7.20. The third kappa shape index (κ3) is 2.40. The molecule has 3 nitrogen and oxygen atoms in total. The van der Waals surface area contributed by atoms with Crippen LogP contribution in [0.4, 0.5) is 0 Å². The Kier molecular flexibility index (Phi) is 3.52. The van der Waals surface area contributed by atoms with Gasteiger partial charge in [-0.15, -0.1) is 0 Å². The highest BCUT2D eigenvalue weighted by atomic mass is 16.3. The van der Waals surface area contributed by atoms with Crippen molar-refractivity contribution in [3.8, 4) is 17.5 Å². The van der Waals surface area contributed by atoms with E-state index in [0.717, 1.165) is 27.8 Å². The standard InChI is InChI=1S/C19H16N2O/c1-4-13-5-7-15(8-6-13)19-21-17-10-14(11-20)9-16(12(2)3)18(17)22-19/h4-10,12H,1H2,2-3H3. The molecule has 0 unspecified atom stereocenters. The second-order valence-electron chi connectivity index (χ2n) is 5.53. The van der Waals surface area contributed by atoms with E-state index in [4.69, 9.17) is 9.68 Å². The van der Waals surface area contributed by atoms with Crippen LogP contribution >= 0.6 is 0 Å². The second kappa shape index (κ2) is 5.50. The number of hydrogen-bond acceptors (Lipinski definition) is 3. The average molecular weight is 288 g/mol. The van der Waals surface area contributed by atoms with Gasteiger partial charge in [0.25, 0.3) is 0 Å². The fraction of sp³-hybridized carbons (Fsp3) is 0.158. The molecule has 0 aliphatic rings. The minimum absolute atomic E-state index is 0.264. The summed E-state index contributed by atoms with van der Waals surface area (Å²) in [7, 11) is 0. The summed E-state index contributed by atoms with van der Waals surface area (Å²) >= 11 is 0. The summed E-state index contributed by atoms with van der Waals surface area (Å²) in [6.45, 7) is 7.91. The van der Waals surface area contributed by atoms with Crippen LogP contribution in [0.15, 0.2) is 47.4 Å². The Morgan fingerprint density at radius 3 is 2.55 bits per heavy atom. The smallest absolute Gasteiger partial charge is 0.227 e. The van der Waals surface area contributed by atoms with Gasteiger partial charge in [0.1, 0.15) is 5.52 Å². The molecule has 0 bridgehead atoms. The minimum atomic E-state index is 0.264. The summed E-state index contributed by atoms with van der Waals surface area (Å²) in [5, 5.41) is 9.17. The third-order valence-corrected chi connectivity index (χ3v) is 3.66. The van der Waals surface area contributed by atoms with Crippen LogP contribution in [0.1, 0.15) is 36.5 Å². The third-order valence-electron chi connectivity index (χ3n) is 3.66. The van der Waals surface area contributed by atoms with Crippen LogP contribution in [0.3, 0.4) is 0 Å². The number of aromatic nitrogens is 1. The lowest BCUT2D eigenvalue weighted by Crippen LogP contribution is -1.89. The Balaban J connectivity index is 2.18. The Bertz CT molecular complexity index is 880. The van der Waals surface area contributed by atoms with Gasteiger partial charge in [0.15, 0.2) is 5.58 Å². The Hall–Kier alpha value is -2.86. The molecule has 1 aromatic heterocycles. The van der Waals surface area contributed by atoms with Crippen LogP contribution < -0.4 is 0 Å². The number of benzene rings is 2. The van der Waals surface area contributed by atoms with Crippen molar-refractivity contribution in [2.75, 3.05) is 0 Å². The van der Waals surface area contributed by atoms with Gasteiger partial charge in [-0.25, -0.2) is 4.98 Å². The van der Waals surface area contributed by atoms with Crippen molar-refractivity contribution in [1.29, 1.82) is 5.26 Å². The molecule has 0 N–H and O–H groups in total. The fourth-order valence-electron chi connectivity index (χ4n) is 2.44. The number of nitriles is 1. The van der Waals surface area contributed by atoms with Crippen molar-refractivity contribution in [1.82, 2.24) is 4.98 Å². The van der Waals surface area contributed by atoms with Crippen molar-refractivity contribution in [3.05, 3.63) is 59.7 Å². The summed E-state index contributed by atoms with van der Waals surface area (Å²) < 4.78 is 5.97. The normalized spacial score (nSPS) is 10.8. The van der Waals surface area contributed by atoms with Crippen molar-refractivity contribution in [2.24, 2.45) is 0 Å². The molecular weight excluding hydrogens is 272 g/mol. The van der Waals surface area contributed by atoms with E-state index >= 15 is 0 Å². The monoisotopic (exact) mass is 288 g/mol. The average Bonchev–Trinajstić information content (AvgIpc) is 2.97. The van der Waals surface area contributed by atoms with Gasteiger partial charge in [0, 0.05) is 11.1 Å². The first-order valence-electron chi connectivity index (χ1n) is 7.20. The highest BCUT2D eigenvalue weighted by molar-refractivity contribution is 5.81. The summed E-state index contributed by atoms with van der Waals surface area (Å²) in [5.41, 5.74) is 5.07. The van der Waals surface area contributed by atoms with Gasteiger partial charge in [0.2, 0.25) is 5.89 Å². The number of hydrogen-bond donors (Lipinski definition) is 0. The van der Waals surface area contributed by atoms with Gasteiger partial charge in [-0.2, -0.15) is 5.26 Å². The van der Waals surface area contributed by atoms with Crippen LogP contribution in [0, 0.1) is 11.3 Å². The molecule has 3 heteroatoms. The fourth-order valence-corrected chi connectivity index (χ4v) is 2.44. The van der Waals surface area contributed by atoms with Crippen LogP contribution in [0.2, 0.25) is 0 Å². The largest absolute Gasteiger partial charge is 0.436 e. The first-order chi connectivity index (χ1) is 10.6. The topological polar surface area (TPSA) is 49.8 Å². The molecule has 2 aromatic carbocycles. The van der Waals surface area contributed by atoms with E-state index in [1.807, 2.05) is 30.3 Å². The number of oxazole rings is 1. The maximum absolute atomic E-state index is 9.17. The van der Waals surface area contributed by atoms with Crippen molar-refractivity contribution in [3.63, 3.8) is 0 Å². The first kappa shape index (κ1) is 14.1. The van der Waals surface area contributed by atoms with Gasteiger partial charge in [-0.1, -0.05) is 38.6 Å². The number of fused-ring (bicyclic) bond motifs is 1. The number of rotatable bonds is 3. The van der Waals surface area contributed by atoms with Crippen molar-refractivity contribution in [2.45, 2.75) is 19.8 Å². The van der Waals surface area contributed by atoms with Crippen molar-refractivity contribution < 1.29 is 4.42 Å². The Morgan fingerprint density at radius 1 is 1.23 bits per heavy atom. The molecule has 1 heterocycles. The van der Waals surface area contributed by atoms with E-state index < -0.39 is 0 Å². The van der Waals surface area contributed by atoms with Gasteiger partial charge in [-0.3, -0.25) is 0 Å². The molecule has 3 rings (SSSR count). The zero-order valence-electron chi connectivity index (χ0n) is 12.6. The van der Waals surface area contributed by atoms with E-state index in [0.29, 0.717) is 11.5 Å². The molecule has 3 aromatic rings. The van der Waals surface area contributed by atoms with Crippen molar-refractivity contribution >= 4 is 17.2 Å². The highest BCUT2D eigenvalue weighted by Crippen LogP contribution is 2.31. The molecule has 22 heavy (non-hydrogen) atoms. The molecule has 0 fully saturated rings. The van der Waals surface area contributed by atoms with Gasteiger partial charge in [-0.05, 0) is 35.7 Å². The van der Waals surface area contributed by atoms with Crippen LogP contribution in [-0.4, -0.2) is 4.98 Å². The van der Waals surface area contributed by atoms with Gasteiger partial charge in [0.05, 0.1) is 11.6 Å². The maximum atomic E-state index is 9.17. The molecule has 0 saturated carbocycles. The van der Waals surface area contributed by atoms with Crippen LogP contribution in [0.5, 0.6) is 0 Å². The Morgan fingerprint density at radius 2 is 1.95 bits per heavy atom. The summed E-state index contributed by atoms with van der Waals surface area (Å²) in [6, 6.07) is 13.7. The van der Waals surface area contributed by atoms with Crippen LogP contribution in [-0.2, 0) is 0 Å². The van der Waals surface area contributed by atoms with E-state index in [1.165, 1.54) is 0 Å². The van der Waals surface area contributed by atoms with E-state index in [-0.39, 0.29) is 5.92 Å². The maximum Gasteiger partial charge on any atom is 0.227 e. The molecule has 108 valence electrons. The van der Waals surface area contributed by atoms with E-state index in [2.05, 4.69) is 31.5 Å². The molecular formula is C19H16N2O. The SMILES string of the molecule is C=Cc1ccc(-c2nc3cc(C#N)cc(C(C)C)c3o2)cc1. The summed E-state index contributed by atoms with van der Waals surface area (Å²) in [6.07, 6.45) is 1.80. The minimum Gasteiger partial charge on any atom is -0.436 e. The highest BCUT2D eigenvalue weighted by Gasteiger charge is 2.15. The number of nitrogens with zero attached hydrogens (tertiary/aromatic N) is 2. The predicted octanol–water partition coefficient (Wildman–Crippen LogP) is 5.13. The zero-order chi connectivity index (χ0) is 15.7. The molecule has 0 amide bonds. The molecule has 0 spiro atoms.